The maximum Gasteiger partial charge on any atom is 0.343 e. The van der Waals surface area contributed by atoms with Crippen LogP contribution in [0.15, 0.2) is 78.9 Å². The minimum absolute atomic E-state index is 0.356. The summed E-state index contributed by atoms with van der Waals surface area (Å²) in [4.78, 5) is 14.3. The lowest BCUT2D eigenvalue weighted by Gasteiger charge is -2.13. The Morgan fingerprint density at radius 2 is 1.46 bits per heavy atom. The fourth-order valence-electron chi connectivity index (χ4n) is 2.42. The average molecular weight is 317 g/mol. The second-order valence-corrected chi connectivity index (χ2v) is 5.72. The van der Waals surface area contributed by atoms with Crippen LogP contribution in [-0.4, -0.2) is 20.1 Å². The molecule has 0 fully saturated rings. The highest BCUT2D eigenvalue weighted by Gasteiger charge is 2.09. The number of rotatable bonds is 4. The molecule has 0 aliphatic carbocycles. The van der Waals surface area contributed by atoms with Crippen LogP contribution in [0.2, 0.25) is 0 Å². The second-order valence-electron chi connectivity index (χ2n) is 5.72. The summed E-state index contributed by atoms with van der Waals surface area (Å²) in [6.07, 6.45) is 0. The summed E-state index contributed by atoms with van der Waals surface area (Å²) in [6.45, 7) is 0. The van der Waals surface area contributed by atoms with Crippen molar-refractivity contribution >= 4 is 11.7 Å². The fourth-order valence-corrected chi connectivity index (χ4v) is 2.42. The molecule has 0 aliphatic rings. The fraction of sp³-hybridized carbons (Fsp3) is 0.0952. The lowest BCUT2D eigenvalue weighted by Crippen LogP contribution is -2.11. The highest BCUT2D eigenvalue weighted by molar-refractivity contribution is 5.91. The first-order chi connectivity index (χ1) is 11.6. The third-order valence-electron chi connectivity index (χ3n) is 3.77. The summed E-state index contributed by atoms with van der Waals surface area (Å²) in [7, 11) is 3.90. The minimum Gasteiger partial charge on any atom is -0.423 e. The molecule has 0 heterocycles. The van der Waals surface area contributed by atoms with Crippen LogP contribution >= 0.6 is 0 Å². The predicted molar refractivity (Wildman–Crippen MR) is 97.6 cm³/mol. The van der Waals surface area contributed by atoms with Crippen LogP contribution in [0.3, 0.4) is 0 Å². The van der Waals surface area contributed by atoms with Crippen molar-refractivity contribution in [1.29, 1.82) is 0 Å². The van der Waals surface area contributed by atoms with E-state index in [0.29, 0.717) is 11.3 Å². The smallest absolute Gasteiger partial charge is 0.343 e. The van der Waals surface area contributed by atoms with Gasteiger partial charge in [0.25, 0.3) is 0 Å². The minimum atomic E-state index is -0.356. The molecule has 3 heteroatoms. The number of esters is 1. The van der Waals surface area contributed by atoms with Gasteiger partial charge in [0.1, 0.15) is 5.75 Å². The molecule has 0 saturated carbocycles. The molecule has 0 aliphatic heterocycles. The highest BCUT2D eigenvalue weighted by atomic mass is 16.5. The lowest BCUT2D eigenvalue weighted by atomic mass is 10.0. The number of nitrogens with zero attached hydrogens (tertiary/aromatic N) is 1. The van der Waals surface area contributed by atoms with Gasteiger partial charge in [-0.15, -0.1) is 0 Å². The Bertz CT molecular complexity index is 824. The van der Waals surface area contributed by atoms with Gasteiger partial charge in [-0.2, -0.15) is 0 Å². The van der Waals surface area contributed by atoms with E-state index in [1.807, 2.05) is 79.7 Å². The number of carbonyl (C=O) groups is 1. The zero-order valence-corrected chi connectivity index (χ0v) is 13.8. The van der Waals surface area contributed by atoms with E-state index < -0.39 is 0 Å². The van der Waals surface area contributed by atoms with Crippen LogP contribution in [-0.2, 0) is 0 Å². The maximum absolute atomic E-state index is 12.3. The van der Waals surface area contributed by atoms with Crippen LogP contribution < -0.4 is 9.64 Å². The number of anilines is 1. The topological polar surface area (TPSA) is 29.5 Å². The van der Waals surface area contributed by atoms with Crippen LogP contribution in [0.5, 0.6) is 5.75 Å². The van der Waals surface area contributed by atoms with Gasteiger partial charge in [-0.25, -0.2) is 4.79 Å². The monoisotopic (exact) mass is 317 g/mol. The largest absolute Gasteiger partial charge is 0.423 e. The van der Waals surface area contributed by atoms with Crippen molar-refractivity contribution in [1.82, 2.24) is 0 Å². The van der Waals surface area contributed by atoms with Crippen LogP contribution in [0, 0.1) is 0 Å². The van der Waals surface area contributed by atoms with Crippen molar-refractivity contribution in [3.8, 4) is 16.9 Å². The molecule has 0 atom stereocenters. The Hall–Kier alpha value is -3.07. The Labute approximate surface area is 142 Å². The summed E-state index contributed by atoms with van der Waals surface area (Å²) in [5.74, 6) is 0.184. The predicted octanol–water partition coefficient (Wildman–Crippen LogP) is 4.64. The second kappa shape index (κ2) is 7.01. The summed E-state index contributed by atoms with van der Waals surface area (Å²) in [5.41, 5.74) is 3.71. The molecule has 0 amide bonds. The summed E-state index contributed by atoms with van der Waals surface area (Å²) < 4.78 is 5.47. The number of ether oxygens (including phenoxy) is 1. The summed E-state index contributed by atoms with van der Waals surface area (Å²) in [6, 6.07) is 25.0. The SMILES string of the molecule is CN(C)c1cccc(OC(=O)c2ccc(-c3ccccc3)cc2)c1. The average Bonchev–Trinajstić information content (AvgIpc) is 2.63. The number of benzene rings is 3. The van der Waals surface area contributed by atoms with Gasteiger partial charge < -0.3 is 9.64 Å². The van der Waals surface area contributed by atoms with Crippen LogP contribution in [0.4, 0.5) is 5.69 Å². The Morgan fingerprint density at radius 1 is 0.792 bits per heavy atom. The van der Waals surface area contributed by atoms with Crippen molar-refractivity contribution in [2.75, 3.05) is 19.0 Å². The Morgan fingerprint density at radius 3 is 2.12 bits per heavy atom. The van der Waals surface area contributed by atoms with E-state index in [4.69, 9.17) is 4.74 Å². The van der Waals surface area contributed by atoms with Crippen molar-refractivity contribution in [3.05, 3.63) is 84.4 Å². The van der Waals surface area contributed by atoms with E-state index in [1.165, 1.54) is 0 Å². The molecule has 0 aromatic heterocycles. The summed E-state index contributed by atoms with van der Waals surface area (Å²) in [5, 5.41) is 0. The van der Waals surface area contributed by atoms with Gasteiger partial charge in [0, 0.05) is 25.8 Å². The van der Waals surface area contributed by atoms with E-state index in [0.717, 1.165) is 16.8 Å². The molecule has 0 N–H and O–H groups in total. The van der Waals surface area contributed by atoms with Crippen LogP contribution in [0.25, 0.3) is 11.1 Å². The number of hydrogen-bond donors (Lipinski definition) is 0. The van der Waals surface area contributed by atoms with E-state index in [1.54, 1.807) is 18.2 Å². The number of hydrogen-bond acceptors (Lipinski definition) is 3. The molecule has 3 nitrogen and oxygen atoms in total. The van der Waals surface area contributed by atoms with Gasteiger partial charge in [0.15, 0.2) is 0 Å². The molecule has 3 aromatic carbocycles. The van der Waals surface area contributed by atoms with E-state index >= 15 is 0 Å². The van der Waals surface area contributed by atoms with Crippen molar-refractivity contribution in [2.24, 2.45) is 0 Å². The summed E-state index contributed by atoms with van der Waals surface area (Å²) >= 11 is 0. The lowest BCUT2D eigenvalue weighted by molar-refractivity contribution is 0.0735. The first-order valence-corrected chi connectivity index (χ1v) is 7.78. The van der Waals surface area contributed by atoms with E-state index in [2.05, 4.69) is 0 Å². The molecule has 3 aromatic rings. The van der Waals surface area contributed by atoms with Gasteiger partial charge in [-0.05, 0) is 35.4 Å². The zero-order valence-electron chi connectivity index (χ0n) is 13.8. The first kappa shape index (κ1) is 15.8. The molecule has 0 spiro atoms. The third kappa shape index (κ3) is 3.63. The molecule has 0 radical (unpaired) electrons. The Kier molecular flexibility index (Phi) is 4.62. The zero-order chi connectivity index (χ0) is 16.9. The normalized spacial score (nSPS) is 10.2. The highest BCUT2D eigenvalue weighted by Crippen LogP contribution is 2.22. The van der Waals surface area contributed by atoms with Crippen molar-refractivity contribution in [3.63, 3.8) is 0 Å². The van der Waals surface area contributed by atoms with Crippen molar-refractivity contribution < 1.29 is 9.53 Å². The van der Waals surface area contributed by atoms with Crippen LogP contribution in [0.1, 0.15) is 10.4 Å². The molecule has 3 rings (SSSR count). The van der Waals surface area contributed by atoms with Gasteiger partial charge >= 0.3 is 5.97 Å². The Balaban J connectivity index is 1.75. The van der Waals surface area contributed by atoms with Gasteiger partial charge in [0.05, 0.1) is 5.56 Å². The van der Waals surface area contributed by atoms with Gasteiger partial charge in [-0.3, -0.25) is 0 Å². The molecule has 0 saturated heterocycles. The maximum atomic E-state index is 12.3. The molecule has 24 heavy (non-hydrogen) atoms. The first-order valence-electron chi connectivity index (χ1n) is 7.78. The molecular formula is C21H19NO2. The van der Waals surface area contributed by atoms with Gasteiger partial charge in [-0.1, -0.05) is 48.5 Å². The van der Waals surface area contributed by atoms with E-state index in [9.17, 15) is 4.79 Å². The quantitative estimate of drug-likeness (QED) is 0.518. The molecule has 0 bridgehead atoms. The molecular weight excluding hydrogens is 298 g/mol. The third-order valence-corrected chi connectivity index (χ3v) is 3.77. The standard InChI is InChI=1S/C21H19NO2/c1-22(2)19-9-6-10-20(15-19)24-21(23)18-13-11-17(12-14-18)16-7-4-3-5-8-16/h3-15H,1-2H3. The molecule has 0 unspecified atom stereocenters. The number of carbonyl (C=O) groups excluding carboxylic acids is 1. The molecule has 120 valence electrons. The van der Waals surface area contributed by atoms with E-state index in [-0.39, 0.29) is 5.97 Å². The van der Waals surface area contributed by atoms with Crippen molar-refractivity contribution in [2.45, 2.75) is 0 Å². The van der Waals surface area contributed by atoms with Gasteiger partial charge in [0.2, 0.25) is 0 Å².